The number of nitrogens with zero attached hydrogens (tertiary/aromatic N) is 1. The molecule has 0 aliphatic carbocycles. The molecule has 0 spiro atoms. The van der Waals surface area contributed by atoms with Gasteiger partial charge in [0.2, 0.25) is 0 Å². The van der Waals surface area contributed by atoms with Gasteiger partial charge in [0.1, 0.15) is 6.26 Å². The molecule has 7 heteroatoms. The summed E-state index contributed by atoms with van der Waals surface area (Å²) in [5, 5.41) is 0. The zero-order chi connectivity index (χ0) is 14.6. The molecule has 1 unspecified atom stereocenters. The number of ether oxygens (including phenoxy) is 2. The third-order valence-electron chi connectivity index (χ3n) is 2.63. The van der Waals surface area contributed by atoms with E-state index in [-0.39, 0.29) is 24.8 Å². The van der Waals surface area contributed by atoms with Gasteiger partial charge in [0.05, 0.1) is 13.0 Å². The van der Waals surface area contributed by atoms with Crippen molar-refractivity contribution in [2.75, 3.05) is 13.2 Å². The van der Waals surface area contributed by atoms with Crippen LogP contribution in [0.1, 0.15) is 27.2 Å². The maximum Gasteiger partial charge on any atom is 0.390 e. The molecule has 0 radical (unpaired) electrons. The van der Waals surface area contributed by atoms with Crippen molar-refractivity contribution in [1.82, 2.24) is 4.90 Å². The van der Waals surface area contributed by atoms with E-state index in [9.17, 15) is 18.0 Å². The van der Waals surface area contributed by atoms with Crippen molar-refractivity contribution in [3.8, 4) is 0 Å². The van der Waals surface area contributed by atoms with Crippen LogP contribution in [-0.2, 0) is 14.3 Å². The highest BCUT2D eigenvalue weighted by Crippen LogP contribution is 2.29. The number of rotatable bonds is 5. The summed E-state index contributed by atoms with van der Waals surface area (Å²) in [6.45, 7) is 5.10. The number of carbonyl (C=O) groups excluding carboxylic acids is 1. The molecular weight excluding hydrogens is 263 g/mol. The second kappa shape index (κ2) is 6.16. The van der Waals surface area contributed by atoms with Gasteiger partial charge in [-0.25, -0.2) is 4.79 Å². The van der Waals surface area contributed by atoms with Crippen molar-refractivity contribution in [1.29, 1.82) is 0 Å². The van der Waals surface area contributed by atoms with Gasteiger partial charge in [0.15, 0.2) is 11.9 Å². The Labute approximate surface area is 110 Å². The molecule has 1 aliphatic heterocycles. The Hall–Kier alpha value is -1.40. The van der Waals surface area contributed by atoms with Crippen molar-refractivity contribution in [2.24, 2.45) is 5.92 Å². The predicted octanol–water partition coefficient (Wildman–Crippen LogP) is 2.66. The van der Waals surface area contributed by atoms with E-state index >= 15 is 0 Å². The van der Waals surface area contributed by atoms with E-state index in [2.05, 4.69) is 0 Å². The number of carbonyl (C=O) groups is 1. The van der Waals surface area contributed by atoms with E-state index in [1.54, 1.807) is 6.92 Å². The Bertz CT molecular complexity index is 353. The predicted molar refractivity (Wildman–Crippen MR) is 61.8 cm³/mol. The third kappa shape index (κ3) is 4.33. The highest BCUT2D eigenvalue weighted by molar-refractivity contribution is 5.87. The molecule has 0 saturated heterocycles. The van der Waals surface area contributed by atoms with Crippen LogP contribution in [0.15, 0.2) is 12.0 Å². The summed E-state index contributed by atoms with van der Waals surface area (Å²) in [6, 6.07) is 0. The van der Waals surface area contributed by atoms with E-state index in [1.165, 1.54) is 11.2 Å². The summed E-state index contributed by atoms with van der Waals surface area (Å²) >= 11 is 0. The summed E-state index contributed by atoms with van der Waals surface area (Å²) in [5.41, 5.74) is 0.0461. The zero-order valence-corrected chi connectivity index (χ0v) is 11.2. The summed E-state index contributed by atoms with van der Waals surface area (Å²) in [4.78, 5) is 13.0. The van der Waals surface area contributed by atoms with Crippen LogP contribution in [0.3, 0.4) is 0 Å². The van der Waals surface area contributed by atoms with Gasteiger partial charge < -0.3 is 14.4 Å². The lowest BCUT2D eigenvalue weighted by Gasteiger charge is -2.29. The lowest BCUT2D eigenvalue weighted by Crippen LogP contribution is -2.39. The molecule has 19 heavy (non-hydrogen) atoms. The fourth-order valence-corrected chi connectivity index (χ4v) is 1.79. The second-order valence-corrected chi connectivity index (χ2v) is 4.55. The van der Waals surface area contributed by atoms with Gasteiger partial charge in [0, 0.05) is 12.5 Å². The highest BCUT2D eigenvalue weighted by atomic mass is 19.4. The normalized spacial score (nSPS) is 19.4. The molecule has 1 atom stereocenters. The number of hydrogen-bond acceptors (Lipinski definition) is 4. The largest absolute Gasteiger partial charge is 0.475 e. The van der Waals surface area contributed by atoms with Crippen molar-refractivity contribution in [3.63, 3.8) is 0 Å². The van der Waals surface area contributed by atoms with Crippen LogP contribution in [0.25, 0.3) is 0 Å². The Morgan fingerprint density at radius 2 is 2.16 bits per heavy atom. The molecule has 0 fully saturated rings. The monoisotopic (exact) mass is 281 g/mol. The Kier molecular flexibility index (Phi) is 5.08. The minimum Gasteiger partial charge on any atom is -0.475 e. The SMILES string of the molecule is CCOC(=O)C1=COC(C(C)C)N1CCC(F)(F)F. The number of hydrogen-bond donors (Lipinski definition) is 0. The van der Waals surface area contributed by atoms with Crippen molar-refractivity contribution in [2.45, 2.75) is 39.6 Å². The minimum atomic E-state index is -4.27. The summed E-state index contributed by atoms with van der Waals surface area (Å²) in [5.74, 6) is -0.704. The molecule has 0 aromatic heterocycles. The van der Waals surface area contributed by atoms with Crippen LogP contribution < -0.4 is 0 Å². The van der Waals surface area contributed by atoms with E-state index in [4.69, 9.17) is 9.47 Å². The first-order valence-electron chi connectivity index (χ1n) is 6.12. The molecule has 4 nitrogen and oxygen atoms in total. The average Bonchev–Trinajstić information content (AvgIpc) is 2.69. The van der Waals surface area contributed by atoms with Crippen LogP contribution in [0.5, 0.6) is 0 Å². The number of alkyl halides is 3. The summed E-state index contributed by atoms with van der Waals surface area (Å²) < 4.78 is 47.0. The molecule has 0 amide bonds. The molecule has 1 heterocycles. The topological polar surface area (TPSA) is 38.8 Å². The van der Waals surface area contributed by atoms with Crippen LogP contribution in [0.2, 0.25) is 0 Å². The first-order valence-corrected chi connectivity index (χ1v) is 6.12. The van der Waals surface area contributed by atoms with Gasteiger partial charge in [0.25, 0.3) is 0 Å². The van der Waals surface area contributed by atoms with Crippen molar-refractivity contribution in [3.05, 3.63) is 12.0 Å². The third-order valence-corrected chi connectivity index (χ3v) is 2.63. The molecule has 1 rings (SSSR count). The molecule has 1 aliphatic rings. The molecule has 0 N–H and O–H groups in total. The molecular formula is C12H18F3NO3. The van der Waals surface area contributed by atoms with Gasteiger partial charge in [-0.05, 0) is 6.92 Å². The highest BCUT2D eigenvalue weighted by Gasteiger charge is 2.37. The van der Waals surface area contributed by atoms with Gasteiger partial charge in [-0.15, -0.1) is 0 Å². The van der Waals surface area contributed by atoms with E-state index < -0.39 is 24.8 Å². The molecule has 0 saturated carbocycles. The van der Waals surface area contributed by atoms with E-state index in [1.807, 2.05) is 13.8 Å². The zero-order valence-electron chi connectivity index (χ0n) is 11.2. The maximum atomic E-state index is 12.3. The van der Waals surface area contributed by atoms with E-state index in [0.717, 1.165) is 0 Å². The minimum absolute atomic E-state index is 0.0450. The van der Waals surface area contributed by atoms with Crippen molar-refractivity contribution < 1.29 is 27.4 Å². The molecule has 0 bridgehead atoms. The van der Waals surface area contributed by atoms with Crippen LogP contribution >= 0.6 is 0 Å². The van der Waals surface area contributed by atoms with Gasteiger partial charge in [-0.3, -0.25) is 0 Å². The van der Waals surface area contributed by atoms with Crippen molar-refractivity contribution >= 4 is 5.97 Å². The quantitative estimate of drug-likeness (QED) is 0.726. The summed E-state index contributed by atoms with van der Waals surface area (Å²) in [7, 11) is 0. The Balaban J connectivity index is 2.77. The van der Waals surface area contributed by atoms with Gasteiger partial charge in [-0.2, -0.15) is 13.2 Å². The number of esters is 1. The first kappa shape index (κ1) is 15.7. The standard InChI is InChI=1S/C12H18F3NO3/c1-4-18-11(17)9-7-19-10(8(2)3)16(9)6-5-12(13,14)15/h7-8,10H,4-6H2,1-3H3. The van der Waals surface area contributed by atoms with E-state index in [0.29, 0.717) is 0 Å². The van der Waals surface area contributed by atoms with Crippen LogP contribution in [0, 0.1) is 5.92 Å². The van der Waals surface area contributed by atoms with Gasteiger partial charge >= 0.3 is 12.1 Å². The number of halogens is 3. The first-order chi connectivity index (χ1) is 8.76. The summed E-state index contributed by atoms with van der Waals surface area (Å²) in [6.07, 6.45) is -4.67. The fraction of sp³-hybridized carbons (Fsp3) is 0.750. The maximum absolute atomic E-state index is 12.3. The molecule has 0 aromatic carbocycles. The average molecular weight is 281 g/mol. The smallest absolute Gasteiger partial charge is 0.390 e. The molecule has 0 aromatic rings. The second-order valence-electron chi connectivity index (χ2n) is 4.55. The molecule has 110 valence electrons. The lowest BCUT2D eigenvalue weighted by atomic mass is 10.1. The fourth-order valence-electron chi connectivity index (χ4n) is 1.79. The van der Waals surface area contributed by atoms with Crippen LogP contribution in [-0.4, -0.2) is 36.4 Å². The van der Waals surface area contributed by atoms with Gasteiger partial charge in [-0.1, -0.05) is 13.8 Å². The lowest BCUT2D eigenvalue weighted by molar-refractivity contribution is -0.147. The van der Waals surface area contributed by atoms with Crippen LogP contribution in [0.4, 0.5) is 13.2 Å². The Morgan fingerprint density at radius 1 is 1.53 bits per heavy atom. The Morgan fingerprint density at radius 3 is 2.63 bits per heavy atom.